The molecule has 24 heavy (non-hydrogen) atoms. The third-order valence-electron chi connectivity index (χ3n) is 2.63. The van der Waals surface area contributed by atoms with Crippen LogP contribution in [-0.2, 0) is 0 Å². The zero-order valence-corrected chi connectivity index (χ0v) is 12.9. The second-order valence-corrected chi connectivity index (χ2v) is 4.37. The van der Waals surface area contributed by atoms with E-state index >= 15 is 0 Å². The maximum Gasteiger partial charge on any atom is 0.311 e. The predicted molar refractivity (Wildman–Crippen MR) is 90.7 cm³/mol. The Morgan fingerprint density at radius 1 is 1.04 bits per heavy atom. The lowest BCUT2D eigenvalue weighted by molar-refractivity contribution is -0.384. The van der Waals surface area contributed by atoms with Crippen molar-refractivity contribution in [2.24, 2.45) is 0 Å². The van der Waals surface area contributed by atoms with Crippen molar-refractivity contribution in [1.29, 1.82) is 0 Å². The molecular weight excluding hydrogens is 316 g/mol. The topological polar surface area (TPSA) is 159 Å². The maximum absolute atomic E-state index is 10.4. The number of aliphatic hydroxyl groups excluding tert-OH is 2. The molecule has 0 radical (unpaired) electrons. The van der Waals surface area contributed by atoms with Crippen molar-refractivity contribution in [3.8, 4) is 0 Å². The molecule has 0 aliphatic rings. The van der Waals surface area contributed by atoms with E-state index in [0.29, 0.717) is 18.1 Å². The third-order valence-corrected chi connectivity index (χ3v) is 2.63. The van der Waals surface area contributed by atoms with E-state index < -0.39 is 4.92 Å². The fraction of sp³-hybridized carbons (Fsp3) is 0.286. The Kier molecular flexibility index (Phi) is 8.50. The molecule has 2 aromatic heterocycles. The quantitative estimate of drug-likeness (QED) is 0.357. The first kappa shape index (κ1) is 19.1. The number of aliphatic hydroxyl groups is 2. The summed E-state index contributed by atoms with van der Waals surface area (Å²) >= 11 is 0. The average Bonchev–Trinajstić information content (AvgIpc) is 2.60. The molecule has 2 aromatic rings. The van der Waals surface area contributed by atoms with Gasteiger partial charge in [-0.15, -0.1) is 0 Å². The van der Waals surface area contributed by atoms with E-state index in [9.17, 15) is 10.1 Å². The molecule has 0 unspecified atom stereocenters. The van der Waals surface area contributed by atoms with Gasteiger partial charge in [-0.3, -0.25) is 10.1 Å². The van der Waals surface area contributed by atoms with Crippen LogP contribution in [0.1, 0.15) is 0 Å². The number of nitrogen functional groups attached to an aromatic ring is 1. The number of nitrogens with one attached hydrogen (secondary N) is 2. The van der Waals surface area contributed by atoms with Crippen molar-refractivity contribution in [2.75, 3.05) is 42.7 Å². The molecule has 6 N–H and O–H groups in total. The normalized spacial score (nSPS) is 9.58. The van der Waals surface area contributed by atoms with Crippen LogP contribution in [0.5, 0.6) is 0 Å². The number of nitrogens with zero attached hydrogens (tertiary/aromatic N) is 3. The molecule has 10 nitrogen and oxygen atoms in total. The number of nitro groups is 1. The molecule has 2 heterocycles. The van der Waals surface area contributed by atoms with E-state index in [2.05, 4.69) is 20.6 Å². The highest BCUT2D eigenvalue weighted by atomic mass is 16.6. The van der Waals surface area contributed by atoms with Gasteiger partial charge >= 0.3 is 5.69 Å². The molecular formula is C14H20N6O4. The summed E-state index contributed by atoms with van der Waals surface area (Å²) in [5.74, 6) is 0.808. The molecule has 0 amide bonds. The first-order valence-corrected chi connectivity index (χ1v) is 7.09. The van der Waals surface area contributed by atoms with E-state index in [1.54, 1.807) is 18.3 Å². The number of anilines is 3. The summed E-state index contributed by atoms with van der Waals surface area (Å²) < 4.78 is 0. The number of rotatable bonds is 7. The van der Waals surface area contributed by atoms with Crippen molar-refractivity contribution in [3.05, 3.63) is 46.8 Å². The van der Waals surface area contributed by atoms with E-state index in [4.69, 9.17) is 15.9 Å². The highest BCUT2D eigenvalue weighted by molar-refractivity contribution is 5.60. The van der Waals surface area contributed by atoms with Crippen molar-refractivity contribution < 1.29 is 15.1 Å². The van der Waals surface area contributed by atoms with Crippen LogP contribution in [0, 0.1) is 10.1 Å². The Morgan fingerprint density at radius 3 is 2.12 bits per heavy atom. The van der Waals surface area contributed by atoms with Crippen LogP contribution >= 0.6 is 0 Å². The molecule has 0 saturated heterocycles. The molecule has 0 fully saturated rings. The van der Waals surface area contributed by atoms with Crippen LogP contribution in [0.4, 0.5) is 23.0 Å². The van der Waals surface area contributed by atoms with Gasteiger partial charge in [0.15, 0.2) is 0 Å². The summed E-state index contributed by atoms with van der Waals surface area (Å²) in [6.07, 6.45) is 3.10. The van der Waals surface area contributed by atoms with Crippen molar-refractivity contribution >= 4 is 23.0 Å². The average molecular weight is 336 g/mol. The minimum atomic E-state index is -0.521. The summed E-state index contributed by atoms with van der Waals surface area (Å²) in [7, 11) is 0. The lowest BCUT2D eigenvalue weighted by atomic mass is 10.4. The van der Waals surface area contributed by atoms with E-state index in [0.717, 1.165) is 0 Å². The van der Waals surface area contributed by atoms with Gasteiger partial charge in [0.2, 0.25) is 5.82 Å². The third kappa shape index (κ3) is 6.42. The van der Waals surface area contributed by atoms with Crippen molar-refractivity contribution in [3.63, 3.8) is 0 Å². The van der Waals surface area contributed by atoms with Crippen molar-refractivity contribution in [1.82, 2.24) is 9.97 Å². The molecule has 10 heteroatoms. The number of pyridine rings is 2. The van der Waals surface area contributed by atoms with Crippen LogP contribution in [0.2, 0.25) is 0 Å². The predicted octanol–water partition coefficient (Wildman–Crippen LogP) is 0.462. The Labute approximate surface area is 138 Å². The molecule has 0 aliphatic heterocycles. The second-order valence-electron chi connectivity index (χ2n) is 4.37. The van der Waals surface area contributed by atoms with Crippen molar-refractivity contribution in [2.45, 2.75) is 0 Å². The van der Waals surface area contributed by atoms with E-state index in [1.165, 1.54) is 18.3 Å². The van der Waals surface area contributed by atoms with Gasteiger partial charge in [0.05, 0.1) is 23.8 Å². The number of hydrogen-bond donors (Lipinski definition) is 5. The molecule has 0 aromatic carbocycles. The van der Waals surface area contributed by atoms with Gasteiger partial charge in [-0.25, -0.2) is 9.97 Å². The van der Waals surface area contributed by atoms with Crippen LogP contribution in [0.25, 0.3) is 0 Å². The van der Waals surface area contributed by atoms with Gasteiger partial charge in [0.25, 0.3) is 0 Å². The zero-order valence-electron chi connectivity index (χ0n) is 12.9. The van der Waals surface area contributed by atoms with E-state index in [-0.39, 0.29) is 31.3 Å². The van der Waals surface area contributed by atoms with Gasteiger partial charge in [-0.05, 0) is 18.2 Å². The molecule has 0 aliphatic carbocycles. The Morgan fingerprint density at radius 2 is 1.58 bits per heavy atom. The van der Waals surface area contributed by atoms with Gasteiger partial charge in [0, 0.05) is 31.5 Å². The van der Waals surface area contributed by atoms with Gasteiger partial charge in [-0.1, -0.05) is 0 Å². The fourth-order valence-electron chi connectivity index (χ4n) is 1.59. The summed E-state index contributed by atoms with van der Waals surface area (Å²) in [5.41, 5.74) is 6.07. The largest absolute Gasteiger partial charge is 0.396 e. The smallest absolute Gasteiger partial charge is 0.311 e. The van der Waals surface area contributed by atoms with E-state index in [1.807, 2.05) is 0 Å². The van der Waals surface area contributed by atoms with Gasteiger partial charge < -0.3 is 26.6 Å². The highest BCUT2D eigenvalue weighted by Gasteiger charge is 2.12. The monoisotopic (exact) mass is 336 g/mol. The molecule has 2 rings (SSSR count). The number of aromatic nitrogens is 2. The standard InChI is InChI=1S/C7H9N3O3.C7H11N3O/c11-5-4-9-7-6(10(12)13)2-1-3-8-7;8-6-2-1-3-9-7(6)10-4-5-11/h1-3,11H,4-5H2,(H,8,9);1-3,11H,4-5,8H2,(H,9,10). The summed E-state index contributed by atoms with van der Waals surface area (Å²) in [6.45, 7) is 0.711. The first-order valence-electron chi connectivity index (χ1n) is 7.09. The molecule has 0 saturated carbocycles. The highest BCUT2D eigenvalue weighted by Crippen LogP contribution is 2.19. The molecule has 0 spiro atoms. The minimum absolute atomic E-state index is 0.0794. The SMILES string of the molecule is Nc1cccnc1NCCO.O=[N+]([O-])c1cccnc1NCCO. The number of hydrogen-bond acceptors (Lipinski definition) is 9. The van der Waals surface area contributed by atoms with Crippen LogP contribution < -0.4 is 16.4 Å². The summed E-state index contributed by atoms with van der Waals surface area (Å²) in [4.78, 5) is 17.7. The Balaban J connectivity index is 0.000000243. The van der Waals surface area contributed by atoms with Crippen LogP contribution in [0.15, 0.2) is 36.7 Å². The molecule has 0 bridgehead atoms. The lowest BCUT2D eigenvalue weighted by Crippen LogP contribution is -2.08. The van der Waals surface area contributed by atoms with Gasteiger partial charge in [-0.2, -0.15) is 0 Å². The number of nitrogens with two attached hydrogens (primary N) is 1. The molecule has 0 atom stereocenters. The minimum Gasteiger partial charge on any atom is -0.396 e. The zero-order chi connectivity index (χ0) is 17.8. The van der Waals surface area contributed by atoms with Crippen LogP contribution in [-0.4, -0.2) is 51.4 Å². The maximum atomic E-state index is 10.4. The summed E-state index contributed by atoms with van der Waals surface area (Å²) in [6, 6.07) is 6.36. The molecule has 130 valence electrons. The fourth-order valence-corrected chi connectivity index (χ4v) is 1.59. The Hall–Kier alpha value is -2.98. The second kappa shape index (κ2) is 10.7. The summed E-state index contributed by atoms with van der Waals surface area (Å²) in [5, 5.41) is 33.0. The first-order chi connectivity index (χ1) is 11.6. The Bertz CT molecular complexity index is 640. The van der Waals surface area contributed by atoms with Crippen LogP contribution in [0.3, 0.4) is 0 Å². The van der Waals surface area contributed by atoms with Gasteiger partial charge in [0.1, 0.15) is 5.82 Å². The lowest BCUT2D eigenvalue weighted by Gasteiger charge is -2.04.